The first kappa shape index (κ1) is 20.4. The lowest BCUT2D eigenvalue weighted by molar-refractivity contribution is -0.116. The molecule has 3 heterocycles. The lowest BCUT2D eigenvalue weighted by Crippen LogP contribution is -2.37. The molecule has 0 saturated carbocycles. The molecule has 1 N–H and O–H groups in total. The van der Waals surface area contributed by atoms with Crippen LogP contribution in [0, 0.1) is 0 Å². The van der Waals surface area contributed by atoms with Gasteiger partial charge in [0.2, 0.25) is 5.91 Å². The Bertz CT molecular complexity index is 1220. The minimum Gasteiger partial charge on any atom is -0.372 e. The number of rotatable bonds is 4. The number of piperidine rings is 1. The molecular formula is C20H23BrN6O3. The summed E-state index contributed by atoms with van der Waals surface area (Å²) >= 11 is 3.30. The van der Waals surface area contributed by atoms with E-state index >= 15 is 0 Å². The van der Waals surface area contributed by atoms with E-state index in [4.69, 9.17) is 0 Å². The zero-order valence-corrected chi connectivity index (χ0v) is 18.5. The van der Waals surface area contributed by atoms with Crippen molar-refractivity contribution < 1.29 is 4.79 Å². The fourth-order valence-electron chi connectivity index (χ4n) is 3.85. The number of nitrogens with zero attached hydrogens (tertiary/aromatic N) is 5. The molecule has 4 rings (SSSR count). The van der Waals surface area contributed by atoms with Gasteiger partial charge < -0.3 is 10.2 Å². The minimum absolute atomic E-state index is 0.0919. The van der Waals surface area contributed by atoms with Gasteiger partial charge in [0, 0.05) is 38.6 Å². The van der Waals surface area contributed by atoms with Crippen molar-refractivity contribution in [2.45, 2.75) is 25.8 Å². The Balaban J connectivity index is 1.54. The maximum absolute atomic E-state index is 12.6. The van der Waals surface area contributed by atoms with Crippen LogP contribution in [-0.2, 0) is 25.4 Å². The summed E-state index contributed by atoms with van der Waals surface area (Å²) in [5.74, 6) is -0.283. The van der Waals surface area contributed by atoms with Gasteiger partial charge in [0.15, 0.2) is 15.9 Å². The predicted octanol–water partition coefficient (Wildman–Crippen LogP) is 1.83. The first-order chi connectivity index (χ1) is 14.4. The van der Waals surface area contributed by atoms with E-state index in [1.54, 1.807) is 7.05 Å². The topological polar surface area (TPSA) is 94.2 Å². The highest BCUT2D eigenvalue weighted by Crippen LogP contribution is 2.22. The molecule has 158 valence electrons. The smallest absolute Gasteiger partial charge is 0.332 e. The van der Waals surface area contributed by atoms with Crippen LogP contribution in [0.1, 0.15) is 19.3 Å². The van der Waals surface area contributed by atoms with Crippen LogP contribution in [0.5, 0.6) is 0 Å². The number of hydrogen-bond acceptors (Lipinski definition) is 5. The van der Waals surface area contributed by atoms with Gasteiger partial charge in [-0.05, 0) is 59.5 Å². The van der Waals surface area contributed by atoms with E-state index in [0.29, 0.717) is 16.1 Å². The Morgan fingerprint density at radius 2 is 1.73 bits per heavy atom. The summed E-state index contributed by atoms with van der Waals surface area (Å²) in [6, 6.07) is 7.79. The van der Waals surface area contributed by atoms with Crippen molar-refractivity contribution in [2.75, 3.05) is 23.3 Å². The largest absolute Gasteiger partial charge is 0.372 e. The number of nitrogens with one attached hydrogen (secondary N) is 1. The van der Waals surface area contributed by atoms with Crippen LogP contribution in [0.15, 0.2) is 38.6 Å². The molecule has 30 heavy (non-hydrogen) atoms. The van der Waals surface area contributed by atoms with Crippen LogP contribution in [0.3, 0.4) is 0 Å². The highest BCUT2D eigenvalue weighted by Gasteiger charge is 2.19. The van der Waals surface area contributed by atoms with E-state index in [2.05, 4.69) is 31.1 Å². The van der Waals surface area contributed by atoms with Crippen molar-refractivity contribution in [3.63, 3.8) is 0 Å². The number of imidazole rings is 1. The predicted molar refractivity (Wildman–Crippen MR) is 119 cm³/mol. The quantitative estimate of drug-likeness (QED) is 0.582. The van der Waals surface area contributed by atoms with E-state index in [-0.39, 0.29) is 18.0 Å². The van der Waals surface area contributed by atoms with Crippen molar-refractivity contribution >= 4 is 44.4 Å². The summed E-state index contributed by atoms with van der Waals surface area (Å²) in [4.78, 5) is 43.8. The number of carbonyl (C=O) groups is 1. The molecule has 1 amide bonds. The maximum Gasteiger partial charge on any atom is 0.332 e. The summed E-state index contributed by atoms with van der Waals surface area (Å²) < 4.78 is 4.13. The maximum atomic E-state index is 12.6. The second-order valence-corrected chi connectivity index (χ2v) is 8.20. The number of benzene rings is 1. The fraction of sp³-hybridized carbons (Fsp3) is 0.400. The SMILES string of the molecule is Cn1c(=O)c2nc(Br)n(CC(=O)Nc3ccc(N4CCCCC4)cc3)c2n(C)c1=O. The molecule has 1 saturated heterocycles. The summed E-state index contributed by atoms with van der Waals surface area (Å²) in [6.45, 7) is 2.03. The lowest BCUT2D eigenvalue weighted by Gasteiger charge is -2.28. The van der Waals surface area contributed by atoms with Gasteiger partial charge in [0.25, 0.3) is 5.56 Å². The molecule has 0 aliphatic carbocycles. The molecule has 1 fully saturated rings. The first-order valence-electron chi connectivity index (χ1n) is 9.83. The standard InChI is InChI=1S/C20H23BrN6O3/c1-24-17-16(18(29)25(2)20(24)30)23-19(21)27(17)12-15(28)22-13-6-8-14(9-7-13)26-10-4-3-5-11-26/h6-9H,3-5,10-12H2,1-2H3,(H,22,28). The van der Waals surface area contributed by atoms with E-state index < -0.39 is 11.2 Å². The van der Waals surface area contributed by atoms with Crippen molar-refractivity contribution in [2.24, 2.45) is 14.1 Å². The van der Waals surface area contributed by atoms with Crippen molar-refractivity contribution in [3.05, 3.63) is 49.8 Å². The molecule has 0 unspecified atom stereocenters. The van der Waals surface area contributed by atoms with E-state index in [9.17, 15) is 14.4 Å². The molecule has 0 bridgehead atoms. The molecule has 3 aromatic rings. The molecule has 2 aromatic heterocycles. The zero-order chi connectivity index (χ0) is 21.4. The fourth-order valence-corrected chi connectivity index (χ4v) is 4.33. The van der Waals surface area contributed by atoms with E-state index in [1.165, 1.54) is 35.4 Å². The number of aromatic nitrogens is 4. The van der Waals surface area contributed by atoms with Gasteiger partial charge in [0.05, 0.1) is 0 Å². The van der Waals surface area contributed by atoms with Crippen LogP contribution < -0.4 is 21.5 Å². The molecule has 0 radical (unpaired) electrons. The monoisotopic (exact) mass is 474 g/mol. The van der Waals surface area contributed by atoms with E-state index in [1.807, 2.05) is 24.3 Å². The highest BCUT2D eigenvalue weighted by atomic mass is 79.9. The lowest BCUT2D eigenvalue weighted by atomic mass is 10.1. The molecule has 0 spiro atoms. The van der Waals surface area contributed by atoms with Crippen LogP contribution in [0.25, 0.3) is 11.2 Å². The number of amides is 1. The Morgan fingerprint density at radius 1 is 1.07 bits per heavy atom. The molecule has 9 nitrogen and oxygen atoms in total. The van der Waals surface area contributed by atoms with Gasteiger partial charge in [-0.3, -0.25) is 23.3 Å². The normalized spacial score (nSPS) is 14.3. The highest BCUT2D eigenvalue weighted by molar-refractivity contribution is 9.10. The molecule has 1 aliphatic rings. The number of hydrogen-bond donors (Lipinski definition) is 1. The average molecular weight is 475 g/mol. The molecule has 10 heteroatoms. The first-order valence-corrected chi connectivity index (χ1v) is 10.6. The number of halogens is 1. The van der Waals surface area contributed by atoms with Crippen LogP contribution >= 0.6 is 15.9 Å². The second kappa shape index (κ2) is 8.10. The third kappa shape index (κ3) is 3.67. The van der Waals surface area contributed by atoms with Gasteiger partial charge in [-0.1, -0.05) is 0 Å². The van der Waals surface area contributed by atoms with Gasteiger partial charge in [-0.2, -0.15) is 0 Å². The minimum atomic E-state index is -0.499. The second-order valence-electron chi connectivity index (χ2n) is 7.49. The van der Waals surface area contributed by atoms with Gasteiger partial charge in [0.1, 0.15) is 6.54 Å². The Morgan fingerprint density at radius 3 is 2.40 bits per heavy atom. The summed E-state index contributed by atoms with van der Waals surface area (Å²) in [7, 11) is 2.95. The van der Waals surface area contributed by atoms with Gasteiger partial charge >= 0.3 is 5.69 Å². The van der Waals surface area contributed by atoms with Crippen molar-refractivity contribution in [1.29, 1.82) is 0 Å². The Hall–Kier alpha value is -2.88. The molecule has 0 atom stereocenters. The average Bonchev–Trinajstić information content (AvgIpc) is 3.08. The van der Waals surface area contributed by atoms with Crippen LogP contribution in [-0.4, -0.2) is 37.7 Å². The Labute approximate surface area is 181 Å². The number of anilines is 2. The third-order valence-corrected chi connectivity index (χ3v) is 6.07. The van der Waals surface area contributed by atoms with Crippen molar-refractivity contribution in [1.82, 2.24) is 18.7 Å². The zero-order valence-electron chi connectivity index (χ0n) is 16.9. The van der Waals surface area contributed by atoms with Crippen LogP contribution in [0.4, 0.5) is 11.4 Å². The number of fused-ring (bicyclic) bond motifs is 1. The Kier molecular flexibility index (Phi) is 5.50. The number of aryl methyl sites for hydroxylation is 1. The third-order valence-electron chi connectivity index (χ3n) is 5.47. The van der Waals surface area contributed by atoms with Gasteiger partial charge in [-0.15, -0.1) is 0 Å². The van der Waals surface area contributed by atoms with Gasteiger partial charge in [-0.25, -0.2) is 9.78 Å². The number of carbonyl (C=O) groups excluding carboxylic acids is 1. The summed E-state index contributed by atoms with van der Waals surface area (Å²) in [5, 5.41) is 2.86. The van der Waals surface area contributed by atoms with E-state index in [0.717, 1.165) is 23.3 Å². The molecule has 1 aromatic carbocycles. The molecular weight excluding hydrogens is 452 g/mol. The van der Waals surface area contributed by atoms with Crippen LogP contribution in [0.2, 0.25) is 0 Å². The summed E-state index contributed by atoms with van der Waals surface area (Å²) in [6.07, 6.45) is 3.69. The van der Waals surface area contributed by atoms with Crippen molar-refractivity contribution in [3.8, 4) is 0 Å². The summed E-state index contributed by atoms with van der Waals surface area (Å²) in [5.41, 5.74) is 1.29. The molecule has 1 aliphatic heterocycles.